The van der Waals surface area contributed by atoms with E-state index in [2.05, 4.69) is 4.98 Å². The third-order valence-corrected chi connectivity index (χ3v) is 4.68. The standard InChI is InChI=1S/C22H24N2O5/c1-3-12-29-17-8-6-15(7-9-17)20(25)18-19(16-5-4-10-23-14-16)24(11-13-28-2)22(27)21(18)26/h4-10,14,19,25H,3,11-13H2,1-2H3. The molecular formula is C22H24N2O5. The van der Waals surface area contributed by atoms with Gasteiger partial charge < -0.3 is 19.5 Å². The van der Waals surface area contributed by atoms with Crippen LogP contribution in [-0.4, -0.2) is 53.5 Å². The molecule has 29 heavy (non-hydrogen) atoms. The molecule has 7 nitrogen and oxygen atoms in total. The van der Waals surface area contributed by atoms with Crippen LogP contribution in [0.4, 0.5) is 0 Å². The molecule has 1 unspecified atom stereocenters. The predicted octanol–water partition coefficient (Wildman–Crippen LogP) is 2.94. The van der Waals surface area contributed by atoms with Gasteiger partial charge in [0.2, 0.25) is 0 Å². The number of pyridine rings is 1. The normalized spacial score (nSPS) is 18.3. The van der Waals surface area contributed by atoms with Crippen molar-refractivity contribution < 1.29 is 24.2 Å². The molecule has 1 amide bonds. The van der Waals surface area contributed by atoms with Gasteiger partial charge in [0.25, 0.3) is 11.7 Å². The van der Waals surface area contributed by atoms with Gasteiger partial charge in [0, 0.05) is 31.6 Å². The van der Waals surface area contributed by atoms with Gasteiger partial charge in [-0.05, 0) is 42.3 Å². The van der Waals surface area contributed by atoms with E-state index in [4.69, 9.17) is 9.47 Å². The van der Waals surface area contributed by atoms with Crippen molar-refractivity contribution in [2.75, 3.05) is 26.9 Å². The molecule has 7 heteroatoms. The topological polar surface area (TPSA) is 89.0 Å². The lowest BCUT2D eigenvalue weighted by molar-refractivity contribution is -0.140. The van der Waals surface area contributed by atoms with Gasteiger partial charge in [-0.25, -0.2) is 0 Å². The van der Waals surface area contributed by atoms with Crippen molar-refractivity contribution >= 4 is 17.4 Å². The highest BCUT2D eigenvalue weighted by Crippen LogP contribution is 2.39. The molecule has 1 aliphatic rings. The maximum absolute atomic E-state index is 12.8. The number of amides is 1. The quantitative estimate of drug-likeness (QED) is 0.419. The number of carbonyl (C=O) groups is 2. The van der Waals surface area contributed by atoms with E-state index < -0.39 is 17.7 Å². The molecule has 1 atom stereocenters. The van der Waals surface area contributed by atoms with Crippen molar-refractivity contribution in [1.82, 2.24) is 9.88 Å². The Bertz CT molecular complexity index is 893. The van der Waals surface area contributed by atoms with Crippen molar-refractivity contribution in [2.45, 2.75) is 19.4 Å². The molecule has 2 aromatic rings. The van der Waals surface area contributed by atoms with E-state index >= 15 is 0 Å². The minimum atomic E-state index is -0.727. The van der Waals surface area contributed by atoms with Crippen LogP contribution >= 0.6 is 0 Å². The Morgan fingerprint density at radius 1 is 1.17 bits per heavy atom. The summed E-state index contributed by atoms with van der Waals surface area (Å²) in [6.07, 6.45) is 4.09. The summed E-state index contributed by atoms with van der Waals surface area (Å²) in [5.74, 6) is -0.939. The summed E-state index contributed by atoms with van der Waals surface area (Å²) in [6.45, 7) is 3.10. The van der Waals surface area contributed by atoms with Crippen LogP contribution in [0.1, 0.15) is 30.5 Å². The molecule has 0 radical (unpaired) electrons. The van der Waals surface area contributed by atoms with E-state index in [9.17, 15) is 14.7 Å². The first-order chi connectivity index (χ1) is 14.1. The first kappa shape index (κ1) is 20.5. The summed E-state index contributed by atoms with van der Waals surface area (Å²) in [4.78, 5) is 30.9. The first-order valence-corrected chi connectivity index (χ1v) is 9.49. The first-order valence-electron chi connectivity index (χ1n) is 9.49. The Labute approximate surface area is 169 Å². The van der Waals surface area contributed by atoms with Crippen LogP contribution in [0.5, 0.6) is 5.75 Å². The average molecular weight is 396 g/mol. The highest BCUT2D eigenvalue weighted by Gasteiger charge is 2.45. The number of hydrogen-bond acceptors (Lipinski definition) is 6. The molecule has 0 bridgehead atoms. The fraction of sp³-hybridized carbons (Fsp3) is 0.318. The number of likely N-dealkylation sites (tertiary alicyclic amines) is 1. The second kappa shape index (κ2) is 9.34. The lowest BCUT2D eigenvalue weighted by Crippen LogP contribution is -2.32. The van der Waals surface area contributed by atoms with E-state index in [0.29, 0.717) is 23.5 Å². The number of carbonyl (C=O) groups excluding carboxylic acids is 2. The molecule has 3 rings (SSSR count). The zero-order chi connectivity index (χ0) is 20.8. The summed E-state index contributed by atoms with van der Waals surface area (Å²) in [5, 5.41) is 10.9. The van der Waals surface area contributed by atoms with Crippen molar-refractivity contribution in [3.05, 3.63) is 65.5 Å². The Morgan fingerprint density at radius 2 is 1.93 bits per heavy atom. The van der Waals surface area contributed by atoms with Gasteiger partial charge in [0.1, 0.15) is 11.5 Å². The van der Waals surface area contributed by atoms with Crippen molar-refractivity contribution in [1.29, 1.82) is 0 Å². The summed E-state index contributed by atoms with van der Waals surface area (Å²) < 4.78 is 10.6. The largest absolute Gasteiger partial charge is 0.507 e. The number of ether oxygens (including phenoxy) is 2. The average Bonchev–Trinajstić information content (AvgIpc) is 3.01. The molecule has 1 aliphatic heterocycles. The molecule has 0 spiro atoms. The maximum Gasteiger partial charge on any atom is 0.295 e. The van der Waals surface area contributed by atoms with Crippen LogP contribution in [-0.2, 0) is 14.3 Å². The van der Waals surface area contributed by atoms with E-state index in [1.807, 2.05) is 6.92 Å². The Hall–Kier alpha value is -3.19. The Morgan fingerprint density at radius 3 is 2.55 bits per heavy atom. The van der Waals surface area contributed by atoms with Crippen LogP contribution in [0.2, 0.25) is 0 Å². The molecule has 1 N–H and O–H groups in total. The number of aliphatic hydroxyl groups is 1. The third kappa shape index (κ3) is 4.30. The molecule has 1 fully saturated rings. The summed E-state index contributed by atoms with van der Waals surface area (Å²) >= 11 is 0. The van der Waals surface area contributed by atoms with Gasteiger partial charge in [-0.1, -0.05) is 13.0 Å². The highest BCUT2D eigenvalue weighted by atomic mass is 16.5. The van der Waals surface area contributed by atoms with Crippen molar-refractivity contribution in [3.63, 3.8) is 0 Å². The predicted molar refractivity (Wildman–Crippen MR) is 107 cm³/mol. The fourth-order valence-corrected chi connectivity index (χ4v) is 3.27. The molecule has 1 aromatic carbocycles. The minimum absolute atomic E-state index is 0.0429. The van der Waals surface area contributed by atoms with Gasteiger partial charge in [-0.15, -0.1) is 0 Å². The number of methoxy groups -OCH3 is 1. The number of rotatable bonds is 8. The van der Waals surface area contributed by atoms with Crippen LogP contribution in [0.15, 0.2) is 54.4 Å². The molecule has 152 valence electrons. The Kier molecular flexibility index (Phi) is 6.61. The van der Waals surface area contributed by atoms with E-state index in [0.717, 1.165) is 6.42 Å². The van der Waals surface area contributed by atoms with Gasteiger partial charge >= 0.3 is 0 Å². The number of ketones is 1. The molecule has 0 aliphatic carbocycles. The third-order valence-electron chi connectivity index (χ3n) is 4.68. The van der Waals surface area contributed by atoms with Crippen LogP contribution in [0.3, 0.4) is 0 Å². The lowest BCUT2D eigenvalue weighted by atomic mass is 9.96. The number of aliphatic hydroxyl groups excluding tert-OH is 1. The van der Waals surface area contributed by atoms with Crippen LogP contribution in [0, 0.1) is 0 Å². The van der Waals surface area contributed by atoms with Gasteiger partial charge in [0.05, 0.1) is 24.8 Å². The Balaban J connectivity index is 2.03. The van der Waals surface area contributed by atoms with Crippen LogP contribution in [0.25, 0.3) is 5.76 Å². The van der Waals surface area contributed by atoms with Crippen LogP contribution < -0.4 is 4.74 Å². The van der Waals surface area contributed by atoms with Gasteiger partial charge in [-0.3, -0.25) is 14.6 Å². The minimum Gasteiger partial charge on any atom is -0.507 e. The highest BCUT2D eigenvalue weighted by molar-refractivity contribution is 6.46. The summed E-state index contributed by atoms with van der Waals surface area (Å²) in [6, 6.07) is 9.57. The monoisotopic (exact) mass is 396 g/mol. The molecule has 1 aromatic heterocycles. The number of Topliss-reactive ketones (excluding diaryl/α,β-unsaturated/α-hetero) is 1. The SMILES string of the molecule is CCCOc1ccc(C(O)=C2C(=O)C(=O)N(CCOC)C2c2cccnc2)cc1. The lowest BCUT2D eigenvalue weighted by Gasteiger charge is -2.24. The zero-order valence-corrected chi connectivity index (χ0v) is 16.5. The molecular weight excluding hydrogens is 372 g/mol. The number of aromatic nitrogens is 1. The molecule has 0 saturated carbocycles. The maximum atomic E-state index is 12.8. The van der Waals surface area contributed by atoms with Gasteiger partial charge in [-0.2, -0.15) is 0 Å². The summed E-state index contributed by atoms with van der Waals surface area (Å²) in [5.41, 5.74) is 1.13. The smallest absolute Gasteiger partial charge is 0.295 e. The second-order valence-corrected chi connectivity index (χ2v) is 6.64. The fourth-order valence-electron chi connectivity index (χ4n) is 3.27. The zero-order valence-electron chi connectivity index (χ0n) is 16.5. The van der Waals surface area contributed by atoms with E-state index in [1.54, 1.807) is 48.8 Å². The summed E-state index contributed by atoms with van der Waals surface area (Å²) in [7, 11) is 1.53. The number of nitrogens with zero attached hydrogens (tertiary/aromatic N) is 2. The van der Waals surface area contributed by atoms with Crippen molar-refractivity contribution in [2.24, 2.45) is 0 Å². The molecule has 2 heterocycles. The second-order valence-electron chi connectivity index (χ2n) is 6.64. The number of hydrogen-bond donors (Lipinski definition) is 1. The van der Waals surface area contributed by atoms with E-state index in [1.165, 1.54) is 12.0 Å². The molecule has 1 saturated heterocycles. The number of benzene rings is 1. The van der Waals surface area contributed by atoms with Crippen molar-refractivity contribution in [3.8, 4) is 5.75 Å². The van der Waals surface area contributed by atoms with Gasteiger partial charge in [0.15, 0.2) is 0 Å². The van der Waals surface area contributed by atoms with E-state index in [-0.39, 0.29) is 24.5 Å².